The molecule has 7 N–H and O–H groups in total. The number of primary amides is 1. The molecule has 3 aliphatic rings. The number of hydrogen-bond acceptors (Lipinski definition) is 8. The SMILES string of the molecule is [N-]=[N+]=CC(=O)CC[C@H](NC(=O)[C@H](CCCCNC(=O)CCCC[C@@H]1SC[C@H]2NC(=O)N[C@@H]12)NC(=O)OCC1c2ccccc2-c2ccccc21)C(N)=O. The topological polar surface area (TPSA) is 234 Å². The Bertz CT molecular complexity index is 1690. The minimum Gasteiger partial charge on any atom is -0.449 e. The summed E-state index contributed by atoms with van der Waals surface area (Å²) >= 11 is 1.85. The highest BCUT2D eigenvalue weighted by molar-refractivity contribution is 8.00. The maximum atomic E-state index is 13.4. The standard InChI is InChI=1S/C37H46N8O7S/c38-34(48)28(17-16-22(46)19-41-39)42-35(49)29(44-37(51)52-20-27-25-11-3-1-9-23(25)24-10-2-4-12-26(24)27)13-7-8-18-40-32(47)15-6-5-14-31-33-30(21-53-31)43-36(50)45-33/h1-4,9-12,19,27-31,33H,5-8,13-18,20-21H2,(H2,38,48)(H,40,47)(H,42,49)(H,44,51)(H2,43,45,50)/t28-,29-,30+,31-,33+/m0/s1. The average Bonchev–Trinajstić information content (AvgIpc) is 3.80. The second kappa shape index (κ2) is 19.0. The number of rotatable bonds is 20. The van der Waals surface area contributed by atoms with Gasteiger partial charge in [-0.1, -0.05) is 55.0 Å². The number of benzene rings is 2. The molecule has 2 fully saturated rings. The predicted molar refractivity (Wildman–Crippen MR) is 198 cm³/mol. The van der Waals surface area contributed by atoms with Gasteiger partial charge in [-0.15, -0.1) is 0 Å². The zero-order chi connectivity index (χ0) is 37.7. The molecule has 2 aliphatic heterocycles. The van der Waals surface area contributed by atoms with Gasteiger partial charge in [-0.2, -0.15) is 16.6 Å². The Morgan fingerprint density at radius 2 is 1.64 bits per heavy atom. The van der Waals surface area contributed by atoms with Crippen LogP contribution in [0.1, 0.15) is 74.8 Å². The minimum atomic E-state index is -1.22. The van der Waals surface area contributed by atoms with E-state index in [9.17, 15) is 28.8 Å². The van der Waals surface area contributed by atoms with Crippen molar-refractivity contribution in [2.45, 2.75) is 93.1 Å². The van der Waals surface area contributed by atoms with Crippen LogP contribution in [0.2, 0.25) is 0 Å². The van der Waals surface area contributed by atoms with E-state index < -0.39 is 35.8 Å². The maximum absolute atomic E-state index is 13.4. The molecule has 0 bridgehead atoms. The van der Waals surface area contributed by atoms with Crippen molar-refractivity contribution in [2.24, 2.45) is 5.73 Å². The number of nitrogens with zero attached hydrogens (tertiary/aromatic N) is 2. The van der Waals surface area contributed by atoms with Crippen molar-refractivity contribution in [3.05, 3.63) is 65.2 Å². The number of amides is 6. The molecule has 15 nitrogen and oxygen atoms in total. The van der Waals surface area contributed by atoms with Gasteiger partial charge in [0.2, 0.25) is 23.5 Å². The molecule has 2 aromatic carbocycles. The Labute approximate surface area is 311 Å². The Morgan fingerprint density at radius 3 is 2.34 bits per heavy atom. The third-order valence-corrected chi connectivity index (χ3v) is 11.3. The number of carbonyl (C=O) groups is 6. The van der Waals surface area contributed by atoms with Gasteiger partial charge in [-0.25, -0.2) is 9.59 Å². The van der Waals surface area contributed by atoms with Crippen molar-refractivity contribution < 1.29 is 38.3 Å². The molecule has 2 heterocycles. The Kier molecular flexibility index (Phi) is 14.0. The number of ketones is 1. The second-order valence-electron chi connectivity index (χ2n) is 13.4. The van der Waals surface area contributed by atoms with E-state index >= 15 is 0 Å². The van der Waals surface area contributed by atoms with Crippen LogP contribution >= 0.6 is 11.8 Å². The highest BCUT2D eigenvalue weighted by Crippen LogP contribution is 2.44. The zero-order valence-corrected chi connectivity index (χ0v) is 30.2. The summed E-state index contributed by atoms with van der Waals surface area (Å²) in [6.45, 7) is 0.406. The van der Waals surface area contributed by atoms with Gasteiger partial charge < -0.3 is 42.6 Å². The summed E-state index contributed by atoms with van der Waals surface area (Å²) in [4.78, 5) is 77.2. The van der Waals surface area contributed by atoms with E-state index in [1.807, 2.05) is 60.3 Å². The fourth-order valence-electron chi connectivity index (χ4n) is 7.09. The molecule has 282 valence electrons. The molecule has 16 heteroatoms. The van der Waals surface area contributed by atoms with Gasteiger partial charge in [-0.05, 0) is 60.8 Å². The fraction of sp³-hybridized carbons (Fsp3) is 0.486. The first-order valence-electron chi connectivity index (χ1n) is 18.0. The lowest BCUT2D eigenvalue weighted by atomic mass is 9.98. The third kappa shape index (κ3) is 10.7. The van der Waals surface area contributed by atoms with Crippen LogP contribution in [0.25, 0.3) is 16.7 Å². The highest BCUT2D eigenvalue weighted by Gasteiger charge is 2.42. The van der Waals surface area contributed by atoms with Crippen LogP contribution in [0.5, 0.6) is 0 Å². The number of unbranched alkanes of at least 4 members (excludes halogenated alkanes) is 2. The molecule has 53 heavy (non-hydrogen) atoms. The number of nitrogens with one attached hydrogen (secondary N) is 5. The van der Waals surface area contributed by atoms with E-state index in [1.54, 1.807) is 0 Å². The lowest BCUT2D eigenvalue weighted by Gasteiger charge is -2.22. The molecule has 0 aromatic heterocycles. The lowest BCUT2D eigenvalue weighted by molar-refractivity contribution is -0.129. The van der Waals surface area contributed by atoms with Gasteiger partial charge >= 0.3 is 18.3 Å². The highest BCUT2D eigenvalue weighted by atomic mass is 32.2. The predicted octanol–water partition coefficient (Wildman–Crippen LogP) is 2.53. The van der Waals surface area contributed by atoms with Gasteiger partial charge in [0.25, 0.3) is 0 Å². The number of ether oxygens (including phenoxy) is 1. The van der Waals surface area contributed by atoms with Crippen LogP contribution in [0.4, 0.5) is 9.59 Å². The van der Waals surface area contributed by atoms with Crippen LogP contribution in [0.15, 0.2) is 48.5 Å². The Morgan fingerprint density at radius 1 is 0.925 bits per heavy atom. The monoisotopic (exact) mass is 746 g/mol. The molecule has 2 aromatic rings. The fourth-order valence-corrected chi connectivity index (χ4v) is 8.63. The number of Topliss-reactive ketones (excluding diaryl/α,β-unsaturated/α-hetero) is 1. The molecule has 0 radical (unpaired) electrons. The number of nitrogens with two attached hydrogens (primary N) is 1. The van der Waals surface area contributed by atoms with E-state index in [-0.39, 0.29) is 55.8 Å². The van der Waals surface area contributed by atoms with Crippen molar-refractivity contribution in [2.75, 3.05) is 18.9 Å². The quantitative estimate of drug-likeness (QED) is 0.0386. The molecular weight excluding hydrogens is 701 g/mol. The van der Waals surface area contributed by atoms with Crippen molar-refractivity contribution in [1.82, 2.24) is 26.6 Å². The summed E-state index contributed by atoms with van der Waals surface area (Å²) in [6.07, 6.45) is 3.56. The number of urea groups is 1. The number of alkyl carbamates (subject to hydrolysis) is 1. The van der Waals surface area contributed by atoms with Crippen molar-refractivity contribution >= 4 is 53.6 Å². The molecule has 6 amide bonds. The molecule has 0 spiro atoms. The van der Waals surface area contributed by atoms with Crippen LogP contribution < -0.4 is 32.3 Å². The second-order valence-corrected chi connectivity index (χ2v) is 14.7. The van der Waals surface area contributed by atoms with Crippen LogP contribution in [0, 0.1) is 0 Å². The molecule has 5 rings (SSSR count). The average molecular weight is 747 g/mol. The molecule has 0 saturated carbocycles. The maximum Gasteiger partial charge on any atom is 0.407 e. The summed E-state index contributed by atoms with van der Waals surface area (Å²) in [5, 5.41) is 14.3. The smallest absolute Gasteiger partial charge is 0.407 e. The normalized spacial score (nSPS) is 19.2. The van der Waals surface area contributed by atoms with Gasteiger partial charge in [0.15, 0.2) is 0 Å². The molecular formula is C37H46N8O7S. The van der Waals surface area contributed by atoms with E-state index in [0.29, 0.717) is 37.3 Å². The number of thioether (sulfide) groups is 1. The van der Waals surface area contributed by atoms with Crippen molar-refractivity contribution in [3.8, 4) is 11.1 Å². The first-order valence-corrected chi connectivity index (χ1v) is 19.1. The van der Waals surface area contributed by atoms with Gasteiger partial charge in [-0.3, -0.25) is 19.2 Å². The third-order valence-electron chi connectivity index (χ3n) is 9.82. The zero-order valence-electron chi connectivity index (χ0n) is 29.4. The van der Waals surface area contributed by atoms with Crippen LogP contribution in [0.3, 0.4) is 0 Å². The number of fused-ring (bicyclic) bond motifs is 4. The molecule has 0 unspecified atom stereocenters. The first-order chi connectivity index (χ1) is 25.6. The Balaban J connectivity index is 1.09. The van der Waals surface area contributed by atoms with E-state index in [1.165, 1.54) is 0 Å². The van der Waals surface area contributed by atoms with E-state index in [2.05, 4.69) is 31.4 Å². The van der Waals surface area contributed by atoms with Gasteiger partial charge in [0, 0.05) is 36.3 Å². The van der Waals surface area contributed by atoms with Crippen molar-refractivity contribution in [1.29, 1.82) is 0 Å². The summed E-state index contributed by atoms with van der Waals surface area (Å²) in [5.41, 5.74) is 18.3. The summed E-state index contributed by atoms with van der Waals surface area (Å²) in [7, 11) is 0. The molecule has 2 saturated heterocycles. The molecule has 1 aliphatic carbocycles. The van der Waals surface area contributed by atoms with Crippen LogP contribution in [-0.4, -0.2) is 95.0 Å². The lowest BCUT2D eigenvalue weighted by Crippen LogP contribution is -2.53. The van der Waals surface area contributed by atoms with Crippen molar-refractivity contribution in [3.63, 3.8) is 0 Å². The Hall–Kier alpha value is -5.21. The minimum absolute atomic E-state index is 0.0348. The number of carbonyl (C=O) groups excluding carboxylic acids is 6. The van der Waals surface area contributed by atoms with Gasteiger partial charge in [0.05, 0.1) is 12.1 Å². The van der Waals surface area contributed by atoms with E-state index in [4.69, 9.17) is 16.0 Å². The summed E-state index contributed by atoms with van der Waals surface area (Å²) < 4.78 is 5.66. The summed E-state index contributed by atoms with van der Waals surface area (Å²) in [5.74, 6) is -1.49. The first kappa shape index (κ1) is 39.0. The van der Waals surface area contributed by atoms with Gasteiger partial charge in [0.1, 0.15) is 18.7 Å². The summed E-state index contributed by atoms with van der Waals surface area (Å²) in [6, 6.07) is 13.7. The largest absolute Gasteiger partial charge is 0.449 e. The molecule has 5 atom stereocenters. The number of hydrogen-bond donors (Lipinski definition) is 6. The van der Waals surface area contributed by atoms with E-state index in [0.717, 1.165) is 47.3 Å². The van der Waals surface area contributed by atoms with Crippen LogP contribution in [-0.2, 0) is 23.9 Å².